The maximum absolute atomic E-state index is 12.5. The van der Waals surface area contributed by atoms with Gasteiger partial charge in [0.25, 0.3) is 0 Å². The number of allylic oxidation sites excluding steroid dienone is 1. The number of carbonyl (C=O) groups excluding carboxylic acids is 2. The molecule has 0 radical (unpaired) electrons. The van der Waals surface area contributed by atoms with Crippen molar-refractivity contribution < 1.29 is 9.59 Å². The van der Waals surface area contributed by atoms with E-state index in [1.165, 1.54) is 31.3 Å². The number of benzene rings is 1. The molecule has 1 aromatic carbocycles. The number of anilines is 1. The van der Waals surface area contributed by atoms with Gasteiger partial charge < -0.3 is 10.6 Å². The smallest absolute Gasteiger partial charge is 0.228 e. The molecule has 1 saturated carbocycles. The SMILES string of the molecule is CC(C)c1ccccc1NC(=O)C1CC1C(=O)NCCC1=CCCCC1. The highest BCUT2D eigenvalue weighted by atomic mass is 16.2. The predicted molar refractivity (Wildman–Crippen MR) is 105 cm³/mol. The lowest BCUT2D eigenvalue weighted by Gasteiger charge is -2.14. The molecular formula is C22H30N2O2. The summed E-state index contributed by atoms with van der Waals surface area (Å²) in [5.74, 6) is -0.0171. The molecule has 1 aromatic rings. The van der Waals surface area contributed by atoms with Crippen molar-refractivity contribution in [3.8, 4) is 0 Å². The summed E-state index contributed by atoms with van der Waals surface area (Å²) in [4.78, 5) is 24.8. The second-order valence-electron chi connectivity index (χ2n) is 7.83. The Balaban J connectivity index is 1.45. The van der Waals surface area contributed by atoms with E-state index in [0.29, 0.717) is 18.9 Å². The van der Waals surface area contributed by atoms with Crippen molar-refractivity contribution in [2.24, 2.45) is 11.8 Å². The van der Waals surface area contributed by atoms with Crippen LogP contribution in [0.1, 0.15) is 63.9 Å². The van der Waals surface area contributed by atoms with E-state index in [0.717, 1.165) is 17.7 Å². The highest BCUT2D eigenvalue weighted by Gasteiger charge is 2.48. The van der Waals surface area contributed by atoms with Crippen LogP contribution >= 0.6 is 0 Å². The van der Waals surface area contributed by atoms with Crippen LogP contribution in [0.25, 0.3) is 0 Å². The van der Waals surface area contributed by atoms with E-state index in [1.807, 2.05) is 24.3 Å². The summed E-state index contributed by atoms with van der Waals surface area (Å²) in [5.41, 5.74) is 3.46. The van der Waals surface area contributed by atoms with Crippen LogP contribution in [-0.4, -0.2) is 18.4 Å². The van der Waals surface area contributed by atoms with Gasteiger partial charge in [0, 0.05) is 12.2 Å². The van der Waals surface area contributed by atoms with Gasteiger partial charge >= 0.3 is 0 Å². The quantitative estimate of drug-likeness (QED) is 0.714. The number of hydrogen-bond acceptors (Lipinski definition) is 2. The lowest BCUT2D eigenvalue weighted by Crippen LogP contribution is -2.28. The van der Waals surface area contributed by atoms with E-state index in [9.17, 15) is 9.59 Å². The number of hydrogen-bond donors (Lipinski definition) is 2. The van der Waals surface area contributed by atoms with E-state index in [4.69, 9.17) is 0 Å². The van der Waals surface area contributed by atoms with Crippen LogP contribution in [0.3, 0.4) is 0 Å². The van der Waals surface area contributed by atoms with Crippen molar-refractivity contribution >= 4 is 17.5 Å². The molecule has 1 fully saturated rings. The molecule has 2 amide bonds. The second kappa shape index (κ2) is 8.52. The third kappa shape index (κ3) is 4.75. The molecule has 0 aromatic heterocycles. The molecule has 0 heterocycles. The molecule has 4 heteroatoms. The third-order valence-corrected chi connectivity index (χ3v) is 5.44. The Kier molecular flexibility index (Phi) is 6.12. The lowest BCUT2D eigenvalue weighted by atomic mass is 9.97. The van der Waals surface area contributed by atoms with Gasteiger partial charge in [-0.1, -0.05) is 43.7 Å². The highest BCUT2D eigenvalue weighted by molar-refractivity contribution is 6.00. The van der Waals surface area contributed by atoms with E-state index >= 15 is 0 Å². The Morgan fingerprint density at radius 3 is 2.62 bits per heavy atom. The summed E-state index contributed by atoms with van der Waals surface area (Å²) in [6.45, 7) is 4.91. The molecule has 140 valence electrons. The number of carbonyl (C=O) groups is 2. The van der Waals surface area contributed by atoms with Crippen molar-refractivity contribution in [3.05, 3.63) is 41.5 Å². The van der Waals surface area contributed by atoms with Gasteiger partial charge in [0.05, 0.1) is 11.8 Å². The van der Waals surface area contributed by atoms with Crippen LogP contribution in [0.15, 0.2) is 35.9 Å². The summed E-state index contributed by atoms with van der Waals surface area (Å²) < 4.78 is 0. The second-order valence-corrected chi connectivity index (χ2v) is 7.83. The Hall–Kier alpha value is -2.10. The summed E-state index contributed by atoms with van der Waals surface area (Å²) >= 11 is 0. The summed E-state index contributed by atoms with van der Waals surface area (Å²) in [7, 11) is 0. The predicted octanol–water partition coefficient (Wildman–Crippen LogP) is 4.39. The largest absolute Gasteiger partial charge is 0.356 e. The Morgan fingerprint density at radius 2 is 1.88 bits per heavy atom. The zero-order chi connectivity index (χ0) is 18.5. The Morgan fingerprint density at radius 1 is 1.12 bits per heavy atom. The van der Waals surface area contributed by atoms with Crippen LogP contribution in [0.2, 0.25) is 0 Å². The topological polar surface area (TPSA) is 58.2 Å². The molecule has 0 bridgehead atoms. The zero-order valence-corrected chi connectivity index (χ0v) is 15.9. The summed E-state index contributed by atoms with van der Waals surface area (Å²) in [6.07, 6.45) is 8.80. The van der Waals surface area contributed by atoms with Gasteiger partial charge in [0.15, 0.2) is 0 Å². The molecule has 0 saturated heterocycles. The van der Waals surface area contributed by atoms with Crippen LogP contribution in [0.5, 0.6) is 0 Å². The van der Waals surface area contributed by atoms with E-state index in [2.05, 4.69) is 30.6 Å². The Labute approximate surface area is 156 Å². The summed E-state index contributed by atoms with van der Waals surface area (Å²) in [6, 6.07) is 7.89. The molecule has 2 aliphatic rings. The van der Waals surface area contributed by atoms with Gasteiger partial charge in [0.1, 0.15) is 0 Å². The van der Waals surface area contributed by atoms with E-state index in [1.54, 1.807) is 0 Å². The normalized spacial score (nSPS) is 21.9. The van der Waals surface area contributed by atoms with Gasteiger partial charge in [0.2, 0.25) is 11.8 Å². The molecule has 2 aliphatic carbocycles. The standard InChI is InChI=1S/C22H30N2O2/c1-15(2)17-10-6-7-11-20(17)24-22(26)19-14-18(19)21(25)23-13-12-16-8-4-3-5-9-16/h6-8,10-11,15,18-19H,3-5,9,12-14H2,1-2H3,(H,23,25)(H,24,26). The average Bonchev–Trinajstić information content (AvgIpc) is 3.44. The van der Waals surface area contributed by atoms with Gasteiger partial charge in [-0.2, -0.15) is 0 Å². The molecule has 2 atom stereocenters. The summed E-state index contributed by atoms with van der Waals surface area (Å²) in [5, 5.41) is 6.03. The van der Waals surface area contributed by atoms with Crippen molar-refractivity contribution in [1.82, 2.24) is 5.32 Å². The van der Waals surface area contributed by atoms with E-state index in [-0.39, 0.29) is 23.7 Å². The monoisotopic (exact) mass is 354 g/mol. The number of amides is 2. The fourth-order valence-corrected chi connectivity index (χ4v) is 3.72. The van der Waals surface area contributed by atoms with Crippen molar-refractivity contribution in [2.75, 3.05) is 11.9 Å². The third-order valence-electron chi connectivity index (χ3n) is 5.44. The molecule has 4 nitrogen and oxygen atoms in total. The molecule has 3 rings (SSSR count). The van der Waals surface area contributed by atoms with Gasteiger partial charge in [-0.3, -0.25) is 9.59 Å². The van der Waals surface area contributed by atoms with Crippen LogP contribution < -0.4 is 10.6 Å². The first-order valence-electron chi connectivity index (χ1n) is 9.91. The molecule has 26 heavy (non-hydrogen) atoms. The molecule has 0 spiro atoms. The van der Waals surface area contributed by atoms with Crippen LogP contribution in [0, 0.1) is 11.8 Å². The van der Waals surface area contributed by atoms with Crippen LogP contribution in [-0.2, 0) is 9.59 Å². The zero-order valence-electron chi connectivity index (χ0n) is 15.9. The minimum Gasteiger partial charge on any atom is -0.356 e. The van der Waals surface area contributed by atoms with Crippen molar-refractivity contribution in [2.45, 2.75) is 58.3 Å². The lowest BCUT2D eigenvalue weighted by molar-refractivity contribution is -0.125. The average molecular weight is 354 g/mol. The minimum atomic E-state index is -0.191. The molecule has 2 unspecified atom stereocenters. The fraction of sp³-hybridized carbons (Fsp3) is 0.545. The van der Waals surface area contributed by atoms with Crippen molar-refractivity contribution in [3.63, 3.8) is 0 Å². The van der Waals surface area contributed by atoms with Gasteiger partial charge in [-0.15, -0.1) is 0 Å². The first-order chi connectivity index (χ1) is 12.6. The van der Waals surface area contributed by atoms with Crippen molar-refractivity contribution in [1.29, 1.82) is 0 Å². The maximum atomic E-state index is 12.5. The first kappa shape index (κ1) is 18.7. The number of para-hydroxylation sites is 1. The minimum absolute atomic E-state index is 0.0266. The van der Waals surface area contributed by atoms with Gasteiger partial charge in [-0.25, -0.2) is 0 Å². The number of nitrogens with one attached hydrogen (secondary N) is 2. The molecular weight excluding hydrogens is 324 g/mol. The van der Waals surface area contributed by atoms with Crippen LogP contribution in [0.4, 0.5) is 5.69 Å². The maximum Gasteiger partial charge on any atom is 0.228 e. The molecule has 2 N–H and O–H groups in total. The number of rotatable bonds is 7. The highest BCUT2D eigenvalue weighted by Crippen LogP contribution is 2.40. The van der Waals surface area contributed by atoms with E-state index < -0.39 is 0 Å². The first-order valence-corrected chi connectivity index (χ1v) is 9.91. The Bertz CT molecular complexity index is 693. The fourth-order valence-electron chi connectivity index (χ4n) is 3.72. The van der Waals surface area contributed by atoms with Gasteiger partial charge in [-0.05, 0) is 56.1 Å². The molecule has 0 aliphatic heterocycles.